The minimum absolute atomic E-state index is 0.570. The summed E-state index contributed by atoms with van der Waals surface area (Å²) in [5.74, 6) is 3.74. The standard InChI is InChI=1S/C37H46N2O2/c1-3-5-7-9-27-40-35-25-23-32(24-26-35)30-15-19-33(20-16-30)36-38-37(41-39-36)34-21-17-31(18-22-34)29-13-11-28(12-14-29)10-8-6-4-2/h15-26,28-29H,3-14,27H2,1-2H3. The lowest BCUT2D eigenvalue weighted by Gasteiger charge is -2.29. The molecule has 1 aliphatic carbocycles. The van der Waals surface area contributed by atoms with Crippen LogP contribution in [0.25, 0.3) is 34.0 Å². The molecular formula is C37H46N2O2. The molecule has 0 bridgehead atoms. The average Bonchev–Trinajstić information content (AvgIpc) is 3.53. The van der Waals surface area contributed by atoms with E-state index in [1.54, 1.807) is 0 Å². The van der Waals surface area contributed by atoms with Gasteiger partial charge in [-0.3, -0.25) is 0 Å². The number of ether oxygens (including phenoxy) is 1. The number of aromatic nitrogens is 2. The SMILES string of the molecule is CCCCCCOc1ccc(-c2ccc(-c3noc(-c4ccc(C5CCC(CCCCC)CC5)cc4)n3)cc2)cc1. The maximum absolute atomic E-state index is 5.89. The molecule has 0 atom stereocenters. The fourth-order valence-electron chi connectivity index (χ4n) is 6.10. The van der Waals surface area contributed by atoms with E-state index in [2.05, 4.69) is 91.8 Å². The first-order valence-corrected chi connectivity index (χ1v) is 16.0. The normalized spacial score (nSPS) is 17.0. The number of hydrogen-bond acceptors (Lipinski definition) is 4. The summed E-state index contributed by atoms with van der Waals surface area (Å²) in [6.07, 6.45) is 15.8. The van der Waals surface area contributed by atoms with Gasteiger partial charge in [-0.1, -0.05) is 112 Å². The number of unbranched alkanes of at least 4 members (excludes halogenated alkanes) is 5. The van der Waals surface area contributed by atoms with E-state index in [1.807, 2.05) is 0 Å². The van der Waals surface area contributed by atoms with Crippen molar-refractivity contribution in [3.8, 4) is 39.7 Å². The van der Waals surface area contributed by atoms with E-state index in [4.69, 9.17) is 14.2 Å². The van der Waals surface area contributed by atoms with Crippen LogP contribution < -0.4 is 4.74 Å². The molecule has 0 aliphatic heterocycles. The molecular weight excluding hydrogens is 504 g/mol. The van der Waals surface area contributed by atoms with Gasteiger partial charge < -0.3 is 9.26 Å². The van der Waals surface area contributed by atoms with Crippen molar-refractivity contribution in [3.05, 3.63) is 78.4 Å². The molecule has 5 rings (SSSR count). The van der Waals surface area contributed by atoms with Crippen molar-refractivity contribution in [3.63, 3.8) is 0 Å². The number of hydrogen-bond donors (Lipinski definition) is 0. The maximum atomic E-state index is 5.89. The molecule has 4 nitrogen and oxygen atoms in total. The number of nitrogens with zero attached hydrogens (tertiary/aromatic N) is 2. The Morgan fingerprint density at radius 1 is 0.659 bits per heavy atom. The van der Waals surface area contributed by atoms with Gasteiger partial charge >= 0.3 is 0 Å². The summed E-state index contributed by atoms with van der Waals surface area (Å²) < 4.78 is 11.5. The summed E-state index contributed by atoms with van der Waals surface area (Å²) in [5, 5.41) is 4.27. The predicted molar refractivity (Wildman–Crippen MR) is 169 cm³/mol. The zero-order chi connectivity index (χ0) is 28.3. The van der Waals surface area contributed by atoms with Gasteiger partial charge in [-0.15, -0.1) is 0 Å². The summed E-state index contributed by atoms with van der Waals surface area (Å²) in [4.78, 5) is 4.71. The topological polar surface area (TPSA) is 48.2 Å². The molecule has 1 aliphatic rings. The van der Waals surface area contributed by atoms with Crippen LogP contribution in [0.1, 0.15) is 102 Å². The second kappa shape index (κ2) is 15.0. The average molecular weight is 551 g/mol. The molecule has 0 spiro atoms. The third kappa shape index (κ3) is 8.09. The van der Waals surface area contributed by atoms with Crippen molar-refractivity contribution in [2.45, 2.75) is 96.8 Å². The molecule has 0 N–H and O–H groups in total. The molecule has 1 aromatic heterocycles. The van der Waals surface area contributed by atoms with Crippen LogP contribution >= 0.6 is 0 Å². The smallest absolute Gasteiger partial charge is 0.258 e. The van der Waals surface area contributed by atoms with Crippen LogP contribution in [0.15, 0.2) is 77.3 Å². The van der Waals surface area contributed by atoms with E-state index >= 15 is 0 Å². The first-order valence-electron chi connectivity index (χ1n) is 16.0. The van der Waals surface area contributed by atoms with Gasteiger partial charge in [0, 0.05) is 11.1 Å². The maximum Gasteiger partial charge on any atom is 0.258 e. The van der Waals surface area contributed by atoms with Crippen LogP contribution in [0.3, 0.4) is 0 Å². The summed E-state index contributed by atoms with van der Waals surface area (Å²) in [6, 6.07) is 25.5. The van der Waals surface area contributed by atoms with Gasteiger partial charge in [-0.2, -0.15) is 4.98 Å². The molecule has 0 unspecified atom stereocenters. The highest BCUT2D eigenvalue weighted by Crippen LogP contribution is 2.38. The largest absolute Gasteiger partial charge is 0.494 e. The van der Waals surface area contributed by atoms with E-state index in [0.717, 1.165) is 46.9 Å². The van der Waals surface area contributed by atoms with Crippen LogP contribution in [0.4, 0.5) is 0 Å². The number of rotatable bonds is 14. The Labute approximate surface area is 246 Å². The van der Waals surface area contributed by atoms with Crippen molar-refractivity contribution in [1.29, 1.82) is 0 Å². The van der Waals surface area contributed by atoms with Gasteiger partial charge in [-0.25, -0.2) is 0 Å². The monoisotopic (exact) mass is 550 g/mol. The molecule has 0 radical (unpaired) electrons. The molecule has 0 amide bonds. The Morgan fingerprint density at radius 3 is 1.95 bits per heavy atom. The second-order valence-electron chi connectivity index (χ2n) is 11.8. The Morgan fingerprint density at radius 2 is 1.27 bits per heavy atom. The first-order chi connectivity index (χ1) is 20.2. The predicted octanol–water partition coefficient (Wildman–Crippen LogP) is 10.9. The van der Waals surface area contributed by atoms with Gasteiger partial charge in [0.25, 0.3) is 5.89 Å². The van der Waals surface area contributed by atoms with Gasteiger partial charge in [0.1, 0.15) is 5.75 Å². The number of benzene rings is 3. The fourth-order valence-corrected chi connectivity index (χ4v) is 6.10. The lowest BCUT2D eigenvalue weighted by atomic mass is 9.77. The first kappa shape index (κ1) is 29.1. The van der Waals surface area contributed by atoms with Crippen molar-refractivity contribution in [2.24, 2.45) is 5.92 Å². The van der Waals surface area contributed by atoms with Crippen molar-refractivity contribution < 1.29 is 9.26 Å². The van der Waals surface area contributed by atoms with Crippen LogP contribution in [-0.2, 0) is 0 Å². The van der Waals surface area contributed by atoms with Crippen molar-refractivity contribution >= 4 is 0 Å². The molecule has 1 saturated carbocycles. The molecule has 1 fully saturated rings. The quantitative estimate of drug-likeness (QED) is 0.147. The van der Waals surface area contributed by atoms with E-state index in [-0.39, 0.29) is 0 Å². The molecule has 0 saturated heterocycles. The summed E-state index contributed by atoms with van der Waals surface area (Å²) in [6.45, 7) is 5.30. The van der Waals surface area contributed by atoms with Gasteiger partial charge in [-0.05, 0) is 84.9 Å². The third-order valence-corrected chi connectivity index (χ3v) is 8.72. The highest BCUT2D eigenvalue weighted by atomic mass is 16.5. The van der Waals surface area contributed by atoms with Crippen LogP contribution in [0, 0.1) is 5.92 Å². The third-order valence-electron chi connectivity index (χ3n) is 8.72. The molecule has 41 heavy (non-hydrogen) atoms. The highest BCUT2D eigenvalue weighted by molar-refractivity contribution is 5.68. The molecule has 4 heteroatoms. The van der Waals surface area contributed by atoms with Crippen LogP contribution in [-0.4, -0.2) is 16.7 Å². The van der Waals surface area contributed by atoms with Crippen molar-refractivity contribution in [2.75, 3.05) is 6.61 Å². The van der Waals surface area contributed by atoms with Crippen LogP contribution in [0.5, 0.6) is 5.75 Å². The Balaban J connectivity index is 1.14. The lowest BCUT2D eigenvalue weighted by molar-refractivity contribution is 0.303. The molecule has 1 heterocycles. The molecule has 3 aromatic carbocycles. The second-order valence-corrected chi connectivity index (χ2v) is 11.8. The van der Waals surface area contributed by atoms with Crippen molar-refractivity contribution in [1.82, 2.24) is 10.1 Å². The Bertz CT molecular complexity index is 1300. The fraction of sp³-hybridized carbons (Fsp3) is 0.459. The van der Waals surface area contributed by atoms with E-state index < -0.39 is 0 Å². The van der Waals surface area contributed by atoms with E-state index in [9.17, 15) is 0 Å². The van der Waals surface area contributed by atoms with E-state index in [0.29, 0.717) is 17.6 Å². The van der Waals surface area contributed by atoms with Gasteiger partial charge in [0.15, 0.2) is 0 Å². The molecule has 4 aromatic rings. The Hall–Kier alpha value is -3.40. The van der Waals surface area contributed by atoms with Gasteiger partial charge in [0.2, 0.25) is 5.82 Å². The Kier molecular flexibility index (Phi) is 10.7. The summed E-state index contributed by atoms with van der Waals surface area (Å²) in [7, 11) is 0. The highest BCUT2D eigenvalue weighted by Gasteiger charge is 2.22. The summed E-state index contributed by atoms with van der Waals surface area (Å²) in [5.41, 5.74) is 5.68. The van der Waals surface area contributed by atoms with Crippen LogP contribution in [0.2, 0.25) is 0 Å². The van der Waals surface area contributed by atoms with Gasteiger partial charge in [0.05, 0.1) is 6.61 Å². The lowest BCUT2D eigenvalue weighted by Crippen LogP contribution is -2.13. The minimum atomic E-state index is 0.570. The zero-order valence-electron chi connectivity index (χ0n) is 25.0. The summed E-state index contributed by atoms with van der Waals surface area (Å²) >= 11 is 0. The molecule has 216 valence electrons. The zero-order valence-corrected chi connectivity index (χ0v) is 25.0. The van der Waals surface area contributed by atoms with E-state index in [1.165, 1.54) is 76.2 Å². The minimum Gasteiger partial charge on any atom is -0.494 e.